The molecule has 2 atom stereocenters. The summed E-state index contributed by atoms with van der Waals surface area (Å²) < 4.78 is 5.65. The van der Waals surface area contributed by atoms with E-state index in [-0.39, 0.29) is 5.91 Å². The maximum absolute atomic E-state index is 12.4. The maximum Gasteiger partial charge on any atom is 0.234 e. The molecule has 1 aromatic rings. The van der Waals surface area contributed by atoms with E-state index in [1.54, 1.807) is 0 Å². The number of ether oxygens (including phenoxy) is 1. The van der Waals surface area contributed by atoms with E-state index in [1.165, 1.54) is 25.7 Å². The van der Waals surface area contributed by atoms with E-state index >= 15 is 0 Å². The van der Waals surface area contributed by atoms with Gasteiger partial charge in [0.1, 0.15) is 0 Å². The van der Waals surface area contributed by atoms with Crippen molar-refractivity contribution < 1.29 is 9.53 Å². The second-order valence-corrected chi connectivity index (χ2v) is 7.34. The summed E-state index contributed by atoms with van der Waals surface area (Å²) in [5, 5.41) is 3.08. The summed E-state index contributed by atoms with van der Waals surface area (Å²) in [6, 6.07) is 8.72. The van der Waals surface area contributed by atoms with Crippen LogP contribution in [0.25, 0.3) is 0 Å². The molecule has 4 nitrogen and oxygen atoms in total. The molecule has 1 aromatic carbocycles. The normalized spacial score (nSPS) is 20.6. The van der Waals surface area contributed by atoms with Crippen LogP contribution in [0.15, 0.2) is 24.3 Å². The van der Waals surface area contributed by atoms with Crippen LogP contribution in [0.5, 0.6) is 0 Å². The Hall–Kier alpha value is -1.39. The molecule has 2 rings (SSSR count). The van der Waals surface area contributed by atoms with Crippen LogP contribution >= 0.6 is 0 Å². The number of carbonyl (C=O) groups is 1. The summed E-state index contributed by atoms with van der Waals surface area (Å²) in [6.45, 7) is 6.84. The lowest BCUT2D eigenvalue weighted by molar-refractivity contribution is -0.123. The molecule has 0 radical (unpaired) electrons. The Morgan fingerprint density at radius 2 is 1.96 bits per heavy atom. The first kappa shape index (κ1) is 19.9. The van der Waals surface area contributed by atoms with E-state index in [0.717, 1.165) is 24.2 Å². The third-order valence-corrected chi connectivity index (χ3v) is 5.23. The van der Waals surface area contributed by atoms with Crippen molar-refractivity contribution in [3.8, 4) is 0 Å². The summed E-state index contributed by atoms with van der Waals surface area (Å²) in [6.07, 6.45) is 6.12. The number of nitrogens with one attached hydrogen (secondary N) is 1. The minimum Gasteiger partial charge on any atom is -0.377 e. The molecule has 1 aliphatic carbocycles. The van der Waals surface area contributed by atoms with Crippen LogP contribution in [-0.4, -0.2) is 37.0 Å². The van der Waals surface area contributed by atoms with E-state index in [0.29, 0.717) is 31.7 Å². The average molecular weight is 347 g/mol. The number of nitrogens with zero attached hydrogens (tertiary/aromatic N) is 1. The molecule has 1 aliphatic rings. The molecule has 140 valence electrons. The second-order valence-electron chi connectivity index (χ2n) is 7.34. The number of carbonyl (C=O) groups excluding carboxylic acids is 1. The zero-order chi connectivity index (χ0) is 18.1. The lowest BCUT2D eigenvalue weighted by Crippen LogP contribution is -2.44. The van der Waals surface area contributed by atoms with Crippen LogP contribution in [-0.2, 0) is 22.7 Å². The molecule has 4 heteroatoms. The van der Waals surface area contributed by atoms with Gasteiger partial charge in [0.2, 0.25) is 5.91 Å². The van der Waals surface area contributed by atoms with Gasteiger partial charge in [-0.15, -0.1) is 0 Å². The summed E-state index contributed by atoms with van der Waals surface area (Å²) in [5.74, 6) is 0.785. The lowest BCUT2D eigenvalue weighted by atomic mass is 9.85. The molecule has 2 unspecified atom stereocenters. The van der Waals surface area contributed by atoms with Gasteiger partial charge in [0.05, 0.1) is 13.2 Å². The molecule has 1 fully saturated rings. The monoisotopic (exact) mass is 346 g/mol. The van der Waals surface area contributed by atoms with E-state index < -0.39 is 0 Å². The quantitative estimate of drug-likeness (QED) is 0.693. The molecule has 0 aromatic heterocycles. The Balaban J connectivity index is 1.81. The third kappa shape index (κ3) is 6.44. The van der Waals surface area contributed by atoms with Gasteiger partial charge in [-0.3, -0.25) is 9.69 Å². The van der Waals surface area contributed by atoms with Crippen molar-refractivity contribution in [2.45, 2.75) is 65.1 Å². The second kappa shape index (κ2) is 10.6. The van der Waals surface area contributed by atoms with Crippen molar-refractivity contribution in [1.82, 2.24) is 10.2 Å². The average Bonchev–Trinajstić information content (AvgIpc) is 2.61. The van der Waals surface area contributed by atoms with Crippen LogP contribution in [0.3, 0.4) is 0 Å². The van der Waals surface area contributed by atoms with Crippen LogP contribution in [0.1, 0.15) is 57.1 Å². The van der Waals surface area contributed by atoms with Crippen LogP contribution < -0.4 is 5.32 Å². The Labute approximate surface area is 152 Å². The summed E-state index contributed by atoms with van der Waals surface area (Å²) >= 11 is 0. The van der Waals surface area contributed by atoms with E-state index in [2.05, 4.69) is 43.2 Å². The first-order valence-corrected chi connectivity index (χ1v) is 9.73. The molecule has 1 N–H and O–H groups in total. The Bertz CT molecular complexity index is 532. The van der Waals surface area contributed by atoms with Crippen molar-refractivity contribution in [2.75, 3.05) is 20.2 Å². The number of likely N-dealkylation sites (N-methyl/N-ethyl adjacent to an activating group) is 1. The maximum atomic E-state index is 12.4. The first-order chi connectivity index (χ1) is 12.1. The predicted molar refractivity (Wildman–Crippen MR) is 102 cm³/mol. The molecule has 0 heterocycles. The van der Waals surface area contributed by atoms with Crippen LogP contribution in [0.4, 0.5) is 0 Å². The van der Waals surface area contributed by atoms with Gasteiger partial charge in [-0.05, 0) is 43.4 Å². The summed E-state index contributed by atoms with van der Waals surface area (Å²) in [4.78, 5) is 14.6. The lowest BCUT2D eigenvalue weighted by Gasteiger charge is -2.35. The molecule has 1 amide bonds. The van der Waals surface area contributed by atoms with Gasteiger partial charge in [-0.2, -0.15) is 0 Å². The SMILES string of the molecule is CCCOCc1ccccc1CNC(=O)CN(C)C1CCCCC1C. The molecule has 25 heavy (non-hydrogen) atoms. The Kier molecular flexibility index (Phi) is 8.42. The molecule has 0 saturated heterocycles. The summed E-state index contributed by atoms with van der Waals surface area (Å²) in [5.41, 5.74) is 2.30. The smallest absolute Gasteiger partial charge is 0.234 e. The van der Waals surface area contributed by atoms with Crippen LogP contribution in [0.2, 0.25) is 0 Å². The number of hydrogen-bond acceptors (Lipinski definition) is 3. The molecule has 0 bridgehead atoms. The highest BCUT2D eigenvalue weighted by Gasteiger charge is 2.25. The first-order valence-electron chi connectivity index (χ1n) is 9.73. The minimum absolute atomic E-state index is 0.101. The Morgan fingerprint density at radius 3 is 2.68 bits per heavy atom. The van der Waals surface area contributed by atoms with Gasteiger partial charge < -0.3 is 10.1 Å². The highest BCUT2D eigenvalue weighted by Crippen LogP contribution is 2.27. The predicted octanol–water partition coefficient (Wildman–Crippen LogP) is 3.74. The number of rotatable bonds is 9. The van der Waals surface area contributed by atoms with Gasteiger partial charge in [0, 0.05) is 19.2 Å². The minimum atomic E-state index is 0.101. The summed E-state index contributed by atoms with van der Waals surface area (Å²) in [7, 11) is 2.08. The van der Waals surface area contributed by atoms with Gasteiger partial charge in [0.15, 0.2) is 0 Å². The van der Waals surface area contributed by atoms with E-state index in [4.69, 9.17) is 4.74 Å². The van der Waals surface area contributed by atoms with Crippen molar-refractivity contribution in [3.63, 3.8) is 0 Å². The van der Waals surface area contributed by atoms with Crippen molar-refractivity contribution in [3.05, 3.63) is 35.4 Å². The van der Waals surface area contributed by atoms with Gasteiger partial charge >= 0.3 is 0 Å². The van der Waals surface area contributed by atoms with Crippen molar-refractivity contribution >= 4 is 5.91 Å². The van der Waals surface area contributed by atoms with E-state index in [9.17, 15) is 4.79 Å². The molecule has 1 saturated carbocycles. The number of hydrogen-bond donors (Lipinski definition) is 1. The fraction of sp³-hybridized carbons (Fsp3) is 0.667. The fourth-order valence-electron chi connectivity index (χ4n) is 3.74. The topological polar surface area (TPSA) is 41.6 Å². The molecule has 0 spiro atoms. The van der Waals surface area contributed by atoms with Crippen molar-refractivity contribution in [1.29, 1.82) is 0 Å². The van der Waals surface area contributed by atoms with E-state index in [1.807, 2.05) is 12.1 Å². The highest BCUT2D eigenvalue weighted by atomic mass is 16.5. The standard InChI is InChI=1S/C21H34N2O2/c1-4-13-25-16-19-11-7-6-10-18(19)14-22-21(24)15-23(3)20-12-8-5-9-17(20)2/h6-7,10-11,17,20H,4-5,8-9,12-16H2,1-3H3,(H,22,24). The largest absolute Gasteiger partial charge is 0.377 e. The highest BCUT2D eigenvalue weighted by molar-refractivity contribution is 5.78. The fourth-order valence-corrected chi connectivity index (χ4v) is 3.74. The molecule has 0 aliphatic heterocycles. The zero-order valence-corrected chi connectivity index (χ0v) is 16.1. The third-order valence-electron chi connectivity index (χ3n) is 5.23. The van der Waals surface area contributed by atoms with Crippen LogP contribution in [0, 0.1) is 5.92 Å². The Morgan fingerprint density at radius 1 is 1.24 bits per heavy atom. The van der Waals surface area contributed by atoms with Gasteiger partial charge in [-0.25, -0.2) is 0 Å². The van der Waals surface area contributed by atoms with Crippen molar-refractivity contribution in [2.24, 2.45) is 5.92 Å². The van der Waals surface area contributed by atoms with Gasteiger partial charge in [-0.1, -0.05) is 51.0 Å². The molecular formula is C21H34N2O2. The number of amides is 1. The zero-order valence-electron chi connectivity index (χ0n) is 16.1. The number of benzene rings is 1. The van der Waals surface area contributed by atoms with Gasteiger partial charge in [0.25, 0.3) is 0 Å². The molecular weight excluding hydrogens is 312 g/mol.